The van der Waals surface area contributed by atoms with Gasteiger partial charge in [0, 0.05) is 15.6 Å². The molecule has 0 atom stereocenters. The van der Waals surface area contributed by atoms with Gasteiger partial charge in [-0.3, -0.25) is 4.79 Å². The molecule has 0 saturated heterocycles. The maximum Gasteiger partial charge on any atom is 0.275 e. The summed E-state index contributed by atoms with van der Waals surface area (Å²) >= 11 is 14.4. The summed E-state index contributed by atoms with van der Waals surface area (Å²) in [6.45, 7) is 2.56. The lowest BCUT2D eigenvalue weighted by Gasteiger charge is -2.15. The van der Waals surface area contributed by atoms with E-state index >= 15 is 0 Å². The van der Waals surface area contributed by atoms with Crippen molar-refractivity contribution in [3.05, 3.63) is 97.0 Å². The van der Waals surface area contributed by atoms with Crippen LogP contribution in [-0.2, 0) is 6.61 Å². The molecule has 36 heavy (non-hydrogen) atoms. The van der Waals surface area contributed by atoms with Crippen molar-refractivity contribution >= 4 is 68.7 Å². The van der Waals surface area contributed by atoms with Crippen LogP contribution in [-0.4, -0.2) is 23.8 Å². The van der Waals surface area contributed by atoms with E-state index < -0.39 is 5.91 Å². The van der Waals surface area contributed by atoms with Crippen LogP contribution in [0.25, 0.3) is 10.8 Å². The van der Waals surface area contributed by atoms with Crippen molar-refractivity contribution in [2.75, 3.05) is 6.61 Å². The predicted molar refractivity (Wildman–Crippen MR) is 152 cm³/mol. The number of aromatic hydroxyl groups is 1. The third-order valence-electron chi connectivity index (χ3n) is 5.21. The lowest BCUT2D eigenvalue weighted by Crippen LogP contribution is -2.17. The molecular weight excluding hydrogens is 614 g/mol. The van der Waals surface area contributed by atoms with Crippen LogP contribution in [0.4, 0.5) is 0 Å². The standard InChI is InChI=1S/C27H21Cl2IN2O4/c1-2-35-25-10-16(9-23(30)26(25)36-15-19-7-8-20(28)13-22(19)29)14-31-32-27(34)21-11-17-5-3-4-6-18(17)12-24(21)33/h3-14,33H,2,15H2,1H3,(H,32,34). The van der Waals surface area contributed by atoms with E-state index in [1.54, 1.807) is 30.3 Å². The summed E-state index contributed by atoms with van der Waals surface area (Å²) in [6, 6.07) is 19.5. The smallest absolute Gasteiger partial charge is 0.275 e. The number of nitrogens with one attached hydrogen (secondary N) is 1. The van der Waals surface area contributed by atoms with Gasteiger partial charge in [0.1, 0.15) is 12.4 Å². The Bertz CT molecular complexity index is 1460. The van der Waals surface area contributed by atoms with E-state index in [0.717, 1.165) is 19.9 Å². The van der Waals surface area contributed by atoms with Crippen molar-refractivity contribution in [1.29, 1.82) is 0 Å². The van der Waals surface area contributed by atoms with Gasteiger partial charge in [0.05, 0.1) is 22.0 Å². The molecule has 0 unspecified atom stereocenters. The van der Waals surface area contributed by atoms with Crippen molar-refractivity contribution in [2.24, 2.45) is 5.10 Å². The fourth-order valence-electron chi connectivity index (χ4n) is 3.49. The van der Waals surface area contributed by atoms with E-state index in [9.17, 15) is 9.90 Å². The molecule has 0 heterocycles. The minimum atomic E-state index is -0.519. The minimum absolute atomic E-state index is 0.114. The second kappa shape index (κ2) is 11.8. The third-order valence-corrected chi connectivity index (χ3v) is 6.60. The largest absolute Gasteiger partial charge is 0.507 e. The van der Waals surface area contributed by atoms with Crippen LogP contribution in [0.15, 0.2) is 71.8 Å². The molecular formula is C27H21Cl2IN2O4. The number of carbonyl (C=O) groups excluding carboxylic acids is 1. The van der Waals surface area contributed by atoms with Gasteiger partial charge >= 0.3 is 0 Å². The summed E-state index contributed by atoms with van der Waals surface area (Å²) < 4.78 is 12.6. The number of hydrazone groups is 1. The average molecular weight is 635 g/mol. The number of halogens is 3. The molecule has 0 spiro atoms. The van der Waals surface area contributed by atoms with E-state index in [4.69, 9.17) is 32.7 Å². The summed E-state index contributed by atoms with van der Waals surface area (Å²) in [5.74, 6) is 0.478. The quantitative estimate of drug-likeness (QED) is 0.122. The Morgan fingerprint density at radius 1 is 1.06 bits per heavy atom. The molecule has 6 nitrogen and oxygen atoms in total. The van der Waals surface area contributed by atoms with Gasteiger partial charge in [-0.15, -0.1) is 0 Å². The molecule has 0 aliphatic carbocycles. The first-order chi connectivity index (χ1) is 17.4. The lowest BCUT2D eigenvalue weighted by molar-refractivity contribution is 0.0952. The zero-order valence-electron chi connectivity index (χ0n) is 19.1. The van der Waals surface area contributed by atoms with E-state index in [1.807, 2.05) is 43.3 Å². The SMILES string of the molecule is CCOc1cc(C=NNC(=O)c2cc3ccccc3cc2O)cc(I)c1OCc1ccc(Cl)cc1Cl. The molecule has 0 saturated carbocycles. The number of phenolic OH excluding ortho intramolecular Hbond substituents is 1. The molecule has 2 N–H and O–H groups in total. The van der Waals surface area contributed by atoms with Gasteiger partial charge in [0.25, 0.3) is 5.91 Å². The Labute approximate surface area is 232 Å². The van der Waals surface area contributed by atoms with Crippen molar-refractivity contribution in [3.63, 3.8) is 0 Å². The van der Waals surface area contributed by atoms with Crippen LogP contribution >= 0.6 is 45.8 Å². The van der Waals surface area contributed by atoms with Gasteiger partial charge in [0.2, 0.25) is 0 Å². The number of fused-ring (bicyclic) bond motifs is 1. The highest BCUT2D eigenvalue weighted by Crippen LogP contribution is 2.35. The molecule has 0 aliphatic heterocycles. The number of nitrogens with zero attached hydrogens (tertiary/aromatic N) is 1. The first-order valence-electron chi connectivity index (χ1n) is 10.9. The first kappa shape index (κ1) is 26.1. The summed E-state index contributed by atoms with van der Waals surface area (Å²) in [5, 5.41) is 17.1. The number of hydrogen-bond donors (Lipinski definition) is 2. The number of ether oxygens (including phenoxy) is 2. The topological polar surface area (TPSA) is 80.2 Å². The van der Waals surface area contributed by atoms with E-state index in [-0.39, 0.29) is 17.9 Å². The Kier molecular flexibility index (Phi) is 8.56. The number of rotatable bonds is 8. The summed E-state index contributed by atoms with van der Waals surface area (Å²) in [6.07, 6.45) is 1.50. The predicted octanol–water partition coefficient (Wildman–Crippen LogP) is 7.20. The second-order valence-corrected chi connectivity index (χ2v) is 9.71. The number of carbonyl (C=O) groups is 1. The van der Waals surface area contributed by atoms with Gasteiger partial charge < -0.3 is 14.6 Å². The highest BCUT2D eigenvalue weighted by atomic mass is 127. The first-order valence-corrected chi connectivity index (χ1v) is 12.8. The molecule has 0 bridgehead atoms. The molecule has 4 rings (SSSR count). The number of amides is 1. The van der Waals surface area contributed by atoms with Crippen LogP contribution in [0.3, 0.4) is 0 Å². The number of hydrogen-bond acceptors (Lipinski definition) is 5. The van der Waals surface area contributed by atoms with Gasteiger partial charge in [0.15, 0.2) is 11.5 Å². The van der Waals surface area contributed by atoms with Crippen molar-refractivity contribution in [1.82, 2.24) is 5.43 Å². The zero-order valence-corrected chi connectivity index (χ0v) is 22.8. The highest BCUT2D eigenvalue weighted by Gasteiger charge is 2.14. The second-order valence-electron chi connectivity index (χ2n) is 7.70. The molecule has 9 heteroatoms. The van der Waals surface area contributed by atoms with Crippen LogP contribution in [0, 0.1) is 3.57 Å². The molecule has 0 aromatic heterocycles. The average Bonchev–Trinajstić information content (AvgIpc) is 2.84. The number of phenols is 1. The molecule has 1 amide bonds. The minimum Gasteiger partial charge on any atom is -0.507 e. The van der Waals surface area contributed by atoms with E-state index in [0.29, 0.717) is 33.7 Å². The normalized spacial score (nSPS) is 11.1. The van der Waals surface area contributed by atoms with Crippen LogP contribution in [0.2, 0.25) is 10.0 Å². The maximum absolute atomic E-state index is 12.6. The molecule has 0 radical (unpaired) electrons. The van der Waals surface area contributed by atoms with Gasteiger partial charge in [-0.1, -0.05) is 53.5 Å². The van der Waals surface area contributed by atoms with Crippen molar-refractivity contribution < 1.29 is 19.4 Å². The monoisotopic (exact) mass is 634 g/mol. The Hall–Kier alpha value is -3.01. The number of benzene rings is 4. The van der Waals surface area contributed by atoms with E-state index in [2.05, 4.69) is 33.1 Å². The summed E-state index contributed by atoms with van der Waals surface area (Å²) in [5.41, 5.74) is 4.10. The summed E-state index contributed by atoms with van der Waals surface area (Å²) in [4.78, 5) is 12.6. The lowest BCUT2D eigenvalue weighted by atomic mass is 10.1. The van der Waals surface area contributed by atoms with Crippen LogP contribution in [0.1, 0.15) is 28.4 Å². The Morgan fingerprint density at radius 3 is 2.53 bits per heavy atom. The Balaban J connectivity index is 1.49. The van der Waals surface area contributed by atoms with Crippen LogP contribution < -0.4 is 14.9 Å². The molecule has 4 aromatic rings. The van der Waals surface area contributed by atoms with Crippen LogP contribution in [0.5, 0.6) is 17.2 Å². The summed E-state index contributed by atoms with van der Waals surface area (Å²) in [7, 11) is 0. The van der Waals surface area contributed by atoms with Crippen molar-refractivity contribution in [2.45, 2.75) is 13.5 Å². The van der Waals surface area contributed by atoms with Gasteiger partial charge in [-0.25, -0.2) is 5.43 Å². The fraction of sp³-hybridized carbons (Fsp3) is 0.111. The molecule has 0 fully saturated rings. The fourth-order valence-corrected chi connectivity index (χ4v) is 4.73. The van der Waals surface area contributed by atoms with Gasteiger partial charge in [-0.2, -0.15) is 5.10 Å². The Morgan fingerprint density at radius 2 is 1.81 bits per heavy atom. The molecule has 0 aliphatic rings. The van der Waals surface area contributed by atoms with E-state index in [1.165, 1.54) is 6.21 Å². The van der Waals surface area contributed by atoms with Gasteiger partial charge in [-0.05, 0) is 82.2 Å². The third kappa shape index (κ3) is 6.21. The highest BCUT2D eigenvalue weighted by molar-refractivity contribution is 14.1. The zero-order chi connectivity index (χ0) is 25.7. The maximum atomic E-state index is 12.6. The van der Waals surface area contributed by atoms with Crippen molar-refractivity contribution in [3.8, 4) is 17.2 Å². The molecule has 184 valence electrons. The molecule has 4 aromatic carbocycles.